The summed E-state index contributed by atoms with van der Waals surface area (Å²) in [6, 6.07) is 13.0. The van der Waals surface area contributed by atoms with E-state index < -0.39 is 0 Å². The van der Waals surface area contributed by atoms with E-state index in [9.17, 15) is 0 Å². The highest BCUT2D eigenvalue weighted by molar-refractivity contribution is 5.84. The van der Waals surface area contributed by atoms with Crippen LogP contribution in [0, 0.1) is 5.41 Å². The Morgan fingerprint density at radius 2 is 1.14 bits per heavy atom. The number of nitrogens with zero attached hydrogens (tertiary/aromatic N) is 2. The molecule has 0 atom stereocenters. The fourth-order valence-corrected chi connectivity index (χ4v) is 1.49. The van der Waals surface area contributed by atoms with Crippen molar-refractivity contribution in [2.45, 2.75) is 0 Å². The van der Waals surface area contributed by atoms with Gasteiger partial charge in [-0.1, -0.05) is 0 Å². The SMILES string of the molecule is N=C(N/N=C/c1ccc(O)cc1)N/N=C/c1ccc(O)cc1. The molecule has 0 aliphatic carbocycles. The standard InChI is InChI=1S/C15H15N5O2/c16-15(19-17-9-11-1-5-13(21)6-2-11)20-18-10-12-3-7-14(22)8-4-12/h1-10,21-22H,(H3,16,19,20)/b17-9+,18-10+. The first kappa shape index (κ1) is 15.0. The summed E-state index contributed by atoms with van der Waals surface area (Å²) in [4.78, 5) is 0. The van der Waals surface area contributed by atoms with Gasteiger partial charge >= 0.3 is 0 Å². The average Bonchev–Trinajstić information content (AvgIpc) is 2.51. The summed E-state index contributed by atoms with van der Waals surface area (Å²) in [5.41, 5.74) is 6.50. The number of guanidine groups is 1. The minimum Gasteiger partial charge on any atom is -0.508 e. The molecule has 0 saturated carbocycles. The lowest BCUT2D eigenvalue weighted by atomic mass is 10.2. The predicted octanol–water partition coefficient (Wildman–Crippen LogP) is 1.58. The fourth-order valence-electron chi connectivity index (χ4n) is 1.49. The zero-order valence-electron chi connectivity index (χ0n) is 11.6. The van der Waals surface area contributed by atoms with Crippen molar-refractivity contribution in [2.75, 3.05) is 0 Å². The Morgan fingerprint density at radius 1 is 0.773 bits per heavy atom. The topological polar surface area (TPSA) is 113 Å². The van der Waals surface area contributed by atoms with Crippen molar-refractivity contribution in [1.29, 1.82) is 5.41 Å². The van der Waals surface area contributed by atoms with Gasteiger partial charge in [0.1, 0.15) is 11.5 Å². The van der Waals surface area contributed by atoms with E-state index in [0.29, 0.717) is 0 Å². The summed E-state index contributed by atoms with van der Waals surface area (Å²) in [5, 5.41) is 33.6. The van der Waals surface area contributed by atoms with Crippen molar-refractivity contribution in [2.24, 2.45) is 10.2 Å². The minimum absolute atomic E-state index is 0.0925. The molecule has 0 aliphatic rings. The molecular weight excluding hydrogens is 282 g/mol. The predicted molar refractivity (Wildman–Crippen MR) is 85.4 cm³/mol. The number of hydrazone groups is 2. The number of rotatable bonds is 4. The van der Waals surface area contributed by atoms with Gasteiger partial charge in [-0.05, 0) is 59.7 Å². The zero-order valence-corrected chi connectivity index (χ0v) is 11.6. The summed E-state index contributed by atoms with van der Waals surface area (Å²) < 4.78 is 0. The molecule has 0 spiro atoms. The lowest BCUT2D eigenvalue weighted by Crippen LogP contribution is -2.29. The smallest absolute Gasteiger partial charge is 0.230 e. The highest BCUT2D eigenvalue weighted by Crippen LogP contribution is 2.08. The molecule has 0 heterocycles. The Balaban J connectivity index is 1.78. The van der Waals surface area contributed by atoms with Gasteiger partial charge in [-0.3, -0.25) is 5.41 Å². The molecule has 7 nitrogen and oxygen atoms in total. The van der Waals surface area contributed by atoms with Crippen LogP contribution in [0.1, 0.15) is 11.1 Å². The van der Waals surface area contributed by atoms with Crippen molar-refractivity contribution < 1.29 is 10.2 Å². The van der Waals surface area contributed by atoms with Crippen molar-refractivity contribution in [1.82, 2.24) is 10.9 Å². The quantitative estimate of drug-likeness (QED) is 0.335. The summed E-state index contributed by atoms with van der Waals surface area (Å²) >= 11 is 0. The van der Waals surface area contributed by atoms with Gasteiger partial charge in [-0.25, -0.2) is 10.9 Å². The number of hydrogen-bond acceptors (Lipinski definition) is 5. The molecule has 0 radical (unpaired) electrons. The molecule has 2 rings (SSSR count). The van der Waals surface area contributed by atoms with E-state index in [2.05, 4.69) is 21.1 Å². The number of aromatic hydroxyl groups is 2. The van der Waals surface area contributed by atoms with Crippen LogP contribution in [0.5, 0.6) is 11.5 Å². The zero-order chi connectivity index (χ0) is 15.8. The lowest BCUT2D eigenvalue weighted by molar-refractivity contribution is 0.475. The van der Waals surface area contributed by atoms with E-state index in [1.54, 1.807) is 48.5 Å². The van der Waals surface area contributed by atoms with Gasteiger partial charge in [0, 0.05) is 0 Å². The van der Waals surface area contributed by atoms with Gasteiger partial charge in [0.2, 0.25) is 5.96 Å². The van der Waals surface area contributed by atoms with Crippen molar-refractivity contribution in [3.05, 3.63) is 59.7 Å². The summed E-state index contributed by atoms with van der Waals surface area (Å²) in [6.45, 7) is 0. The highest BCUT2D eigenvalue weighted by atomic mass is 16.3. The van der Waals surface area contributed by atoms with Crippen LogP contribution in [0.3, 0.4) is 0 Å². The van der Waals surface area contributed by atoms with Gasteiger partial charge in [0.15, 0.2) is 0 Å². The molecule has 7 heteroatoms. The normalized spacial score (nSPS) is 10.9. The average molecular weight is 297 g/mol. The lowest BCUT2D eigenvalue weighted by Gasteiger charge is -2.01. The van der Waals surface area contributed by atoms with E-state index in [4.69, 9.17) is 15.6 Å². The van der Waals surface area contributed by atoms with Gasteiger partial charge in [-0.2, -0.15) is 10.2 Å². The maximum Gasteiger partial charge on any atom is 0.230 e. The summed E-state index contributed by atoms with van der Waals surface area (Å²) in [7, 11) is 0. The van der Waals surface area contributed by atoms with Gasteiger partial charge < -0.3 is 10.2 Å². The highest BCUT2D eigenvalue weighted by Gasteiger charge is 1.92. The number of nitrogens with one attached hydrogen (secondary N) is 3. The molecular formula is C15H15N5O2. The Bertz CT molecular complexity index is 619. The number of hydrogen-bond donors (Lipinski definition) is 5. The first-order valence-corrected chi connectivity index (χ1v) is 6.38. The third kappa shape index (κ3) is 4.97. The number of phenolic OH excluding ortho intramolecular Hbond substituents is 2. The van der Waals surface area contributed by atoms with Gasteiger partial charge in [0.25, 0.3) is 0 Å². The molecule has 2 aromatic rings. The van der Waals surface area contributed by atoms with E-state index in [-0.39, 0.29) is 17.5 Å². The molecule has 112 valence electrons. The second kappa shape index (κ2) is 7.44. The van der Waals surface area contributed by atoms with Crippen LogP contribution >= 0.6 is 0 Å². The van der Waals surface area contributed by atoms with Crippen LogP contribution in [-0.4, -0.2) is 28.6 Å². The third-order valence-corrected chi connectivity index (χ3v) is 2.57. The van der Waals surface area contributed by atoms with E-state index in [0.717, 1.165) is 11.1 Å². The Morgan fingerprint density at radius 3 is 1.50 bits per heavy atom. The molecule has 5 N–H and O–H groups in total. The fraction of sp³-hybridized carbons (Fsp3) is 0. The second-order valence-corrected chi connectivity index (χ2v) is 4.30. The number of benzene rings is 2. The summed E-state index contributed by atoms with van der Waals surface area (Å²) in [5.74, 6) is 0.274. The molecule has 0 aromatic heterocycles. The van der Waals surface area contributed by atoms with E-state index in [1.807, 2.05) is 0 Å². The van der Waals surface area contributed by atoms with Gasteiger partial charge in [0.05, 0.1) is 12.4 Å². The molecule has 2 aromatic carbocycles. The maximum atomic E-state index is 9.14. The Hall–Kier alpha value is -3.35. The second-order valence-electron chi connectivity index (χ2n) is 4.30. The van der Waals surface area contributed by atoms with E-state index >= 15 is 0 Å². The minimum atomic E-state index is -0.0925. The molecule has 22 heavy (non-hydrogen) atoms. The van der Waals surface area contributed by atoms with Crippen LogP contribution in [0.4, 0.5) is 0 Å². The largest absolute Gasteiger partial charge is 0.508 e. The monoisotopic (exact) mass is 297 g/mol. The molecule has 0 amide bonds. The maximum absolute atomic E-state index is 9.14. The molecule has 0 saturated heterocycles. The Labute approximate surface area is 127 Å². The third-order valence-electron chi connectivity index (χ3n) is 2.57. The van der Waals surface area contributed by atoms with E-state index in [1.165, 1.54) is 12.4 Å². The van der Waals surface area contributed by atoms with Crippen molar-refractivity contribution >= 4 is 18.4 Å². The Kier molecular flexibility index (Phi) is 5.09. The molecule has 0 fully saturated rings. The molecule has 0 aliphatic heterocycles. The van der Waals surface area contributed by atoms with Crippen LogP contribution < -0.4 is 10.9 Å². The van der Waals surface area contributed by atoms with Crippen molar-refractivity contribution in [3.8, 4) is 11.5 Å². The van der Waals surface area contributed by atoms with Crippen LogP contribution in [0.25, 0.3) is 0 Å². The first-order valence-electron chi connectivity index (χ1n) is 6.38. The van der Waals surface area contributed by atoms with Gasteiger partial charge in [-0.15, -0.1) is 0 Å². The molecule has 0 unspecified atom stereocenters. The summed E-state index contributed by atoms with van der Waals surface area (Å²) in [6.07, 6.45) is 3.03. The van der Waals surface area contributed by atoms with Crippen LogP contribution in [0.2, 0.25) is 0 Å². The molecule has 0 bridgehead atoms. The van der Waals surface area contributed by atoms with Crippen molar-refractivity contribution in [3.63, 3.8) is 0 Å². The number of phenols is 2. The van der Waals surface area contributed by atoms with Crippen LogP contribution in [-0.2, 0) is 0 Å². The van der Waals surface area contributed by atoms with Crippen LogP contribution in [0.15, 0.2) is 58.7 Å². The first-order chi connectivity index (χ1) is 10.6.